The van der Waals surface area contributed by atoms with E-state index in [1.54, 1.807) is 17.9 Å². The third kappa shape index (κ3) is 1.71. The molecule has 0 unspecified atom stereocenters. The molecule has 0 atom stereocenters. The van der Waals surface area contributed by atoms with E-state index in [4.69, 9.17) is 9.63 Å². The van der Waals surface area contributed by atoms with E-state index in [-0.39, 0.29) is 11.7 Å². The van der Waals surface area contributed by atoms with Gasteiger partial charge in [0.1, 0.15) is 3.70 Å². The average molecular weight is 320 g/mol. The Morgan fingerprint density at radius 2 is 2.40 bits per heavy atom. The van der Waals surface area contributed by atoms with Crippen LogP contribution in [0, 0.1) is 3.70 Å². The van der Waals surface area contributed by atoms with E-state index in [2.05, 4.69) is 37.8 Å². The van der Waals surface area contributed by atoms with Gasteiger partial charge in [-0.3, -0.25) is 4.68 Å². The number of aromatic nitrogens is 4. The van der Waals surface area contributed by atoms with Crippen LogP contribution in [0.15, 0.2) is 10.7 Å². The van der Waals surface area contributed by atoms with E-state index in [1.165, 1.54) is 0 Å². The quantitative estimate of drug-likeness (QED) is 0.822. The molecule has 7 nitrogen and oxygen atoms in total. The van der Waals surface area contributed by atoms with Crippen molar-refractivity contribution in [3.63, 3.8) is 0 Å². The zero-order valence-corrected chi connectivity index (χ0v) is 9.67. The lowest BCUT2D eigenvalue weighted by molar-refractivity contribution is 0.0680. The molecular formula is C7H5IN4O3. The monoisotopic (exact) mass is 320 g/mol. The standard InChI is InChI=1S/C7H5IN4O3/c1-12-4(8)3(2-9-12)6-10-5(7(13)14)11-15-6/h2H,1H3,(H,13,14). The molecule has 2 heterocycles. The van der Waals surface area contributed by atoms with Gasteiger partial charge in [-0.25, -0.2) is 4.79 Å². The molecule has 0 fully saturated rings. The molecule has 0 bridgehead atoms. The van der Waals surface area contributed by atoms with Gasteiger partial charge in [0.05, 0.1) is 11.8 Å². The Labute approximate surface area is 97.2 Å². The minimum atomic E-state index is -1.22. The van der Waals surface area contributed by atoms with Gasteiger partial charge < -0.3 is 9.63 Å². The molecule has 0 spiro atoms. The van der Waals surface area contributed by atoms with Gasteiger partial charge in [0.25, 0.3) is 11.7 Å². The molecule has 0 saturated heterocycles. The summed E-state index contributed by atoms with van der Waals surface area (Å²) in [6.07, 6.45) is 1.54. The molecule has 0 aliphatic rings. The van der Waals surface area contributed by atoms with Crippen molar-refractivity contribution in [1.82, 2.24) is 19.9 Å². The van der Waals surface area contributed by atoms with E-state index >= 15 is 0 Å². The van der Waals surface area contributed by atoms with Crippen LogP contribution in [0.5, 0.6) is 0 Å². The SMILES string of the molecule is Cn1ncc(-c2nc(C(=O)O)no2)c1I. The van der Waals surface area contributed by atoms with Gasteiger partial charge >= 0.3 is 5.97 Å². The summed E-state index contributed by atoms with van der Waals surface area (Å²) >= 11 is 2.06. The van der Waals surface area contributed by atoms with Crippen LogP contribution < -0.4 is 0 Å². The first kappa shape index (κ1) is 10.1. The van der Waals surface area contributed by atoms with E-state index < -0.39 is 5.97 Å². The zero-order valence-electron chi connectivity index (χ0n) is 7.51. The lowest BCUT2D eigenvalue weighted by atomic mass is 10.4. The summed E-state index contributed by atoms with van der Waals surface area (Å²) in [6.45, 7) is 0. The first-order valence-corrected chi connectivity index (χ1v) is 4.92. The van der Waals surface area contributed by atoms with Crippen molar-refractivity contribution in [2.24, 2.45) is 7.05 Å². The molecule has 2 rings (SSSR count). The topological polar surface area (TPSA) is 94.0 Å². The number of carboxylic acid groups (broad SMARTS) is 1. The van der Waals surface area contributed by atoms with Gasteiger partial charge in [-0.2, -0.15) is 10.1 Å². The van der Waals surface area contributed by atoms with Crippen LogP contribution in [-0.4, -0.2) is 31.0 Å². The molecule has 0 amide bonds. The maximum Gasteiger partial charge on any atom is 0.377 e. The highest BCUT2D eigenvalue weighted by Gasteiger charge is 2.18. The molecule has 0 radical (unpaired) electrons. The lowest BCUT2D eigenvalue weighted by Crippen LogP contribution is -1.98. The Bertz CT molecular complexity index is 518. The summed E-state index contributed by atoms with van der Waals surface area (Å²) in [5.41, 5.74) is 0.623. The van der Waals surface area contributed by atoms with Crippen LogP contribution >= 0.6 is 22.6 Å². The Balaban J connectivity index is 2.46. The molecule has 0 aromatic carbocycles. The van der Waals surface area contributed by atoms with Crippen molar-refractivity contribution < 1.29 is 14.4 Å². The largest absolute Gasteiger partial charge is 0.475 e. The molecular weight excluding hydrogens is 315 g/mol. The van der Waals surface area contributed by atoms with Crippen molar-refractivity contribution in [1.29, 1.82) is 0 Å². The minimum Gasteiger partial charge on any atom is -0.475 e. The maximum atomic E-state index is 10.5. The number of rotatable bonds is 2. The molecule has 1 N–H and O–H groups in total. The van der Waals surface area contributed by atoms with Gasteiger partial charge in [-0.1, -0.05) is 0 Å². The number of hydrogen-bond acceptors (Lipinski definition) is 5. The molecule has 2 aromatic rings. The van der Waals surface area contributed by atoms with Crippen LogP contribution in [0.2, 0.25) is 0 Å². The fourth-order valence-electron chi connectivity index (χ4n) is 0.986. The fourth-order valence-corrected chi connectivity index (χ4v) is 1.48. The van der Waals surface area contributed by atoms with Crippen LogP contribution in [0.25, 0.3) is 11.5 Å². The Hall–Kier alpha value is -1.45. The van der Waals surface area contributed by atoms with E-state index in [1.807, 2.05) is 0 Å². The highest BCUT2D eigenvalue weighted by molar-refractivity contribution is 14.1. The molecule has 78 valence electrons. The highest BCUT2D eigenvalue weighted by Crippen LogP contribution is 2.22. The van der Waals surface area contributed by atoms with E-state index in [9.17, 15) is 4.79 Å². The van der Waals surface area contributed by atoms with E-state index in [0.29, 0.717) is 5.56 Å². The number of aryl methyl sites for hydroxylation is 1. The lowest BCUT2D eigenvalue weighted by Gasteiger charge is -1.91. The maximum absolute atomic E-state index is 10.5. The van der Waals surface area contributed by atoms with Gasteiger partial charge in [0.2, 0.25) is 0 Å². The number of nitrogens with zero attached hydrogens (tertiary/aromatic N) is 4. The van der Waals surface area contributed by atoms with Crippen molar-refractivity contribution in [2.75, 3.05) is 0 Å². The fraction of sp³-hybridized carbons (Fsp3) is 0.143. The second-order valence-corrected chi connectivity index (χ2v) is 3.72. The summed E-state index contributed by atoms with van der Waals surface area (Å²) < 4.78 is 7.23. The predicted molar refractivity (Wildman–Crippen MR) is 56.2 cm³/mol. The second-order valence-electron chi connectivity index (χ2n) is 2.70. The molecule has 0 saturated carbocycles. The van der Waals surface area contributed by atoms with Gasteiger partial charge in [-0.15, -0.1) is 0 Å². The number of halogens is 1. The molecule has 8 heteroatoms. The molecule has 0 aliphatic heterocycles. The van der Waals surface area contributed by atoms with Crippen LogP contribution in [0.1, 0.15) is 10.6 Å². The number of hydrogen-bond donors (Lipinski definition) is 1. The Morgan fingerprint density at radius 3 is 2.87 bits per heavy atom. The predicted octanol–water partition coefficient (Wildman–Crippen LogP) is 0.773. The number of carbonyl (C=O) groups is 1. The van der Waals surface area contributed by atoms with Gasteiger partial charge in [-0.05, 0) is 27.7 Å². The smallest absolute Gasteiger partial charge is 0.377 e. The van der Waals surface area contributed by atoms with Crippen molar-refractivity contribution in [2.45, 2.75) is 0 Å². The van der Waals surface area contributed by atoms with Crippen LogP contribution in [-0.2, 0) is 7.05 Å². The Kier molecular flexibility index (Phi) is 2.42. The summed E-state index contributed by atoms with van der Waals surface area (Å²) in [4.78, 5) is 14.2. The third-order valence-corrected chi connectivity index (χ3v) is 2.99. The minimum absolute atomic E-state index is 0.157. The number of aromatic carboxylic acids is 1. The van der Waals surface area contributed by atoms with Crippen molar-refractivity contribution >= 4 is 28.6 Å². The summed E-state index contributed by atoms with van der Waals surface area (Å²) in [5.74, 6) is -1.42. The van der Waals surface area contributed by atoms with Crippen molar-refractivity contribution in [3.8, 4) is 11.5 Å². The van der Waals surface area contributed by atoms with Gasteiger partial charge in [0, 0.05) is 7.05 Å². The highest BCUT2D eigenvalue weighted by atomic mass is 127. The Morgan fingerprint density at radius 1 is 1.67 bits per heavy atom. The molecule has 0 aliphatic carbocycles. The van der Waals surface area contributed by atoms with E-state index in [0.717, 1.165) is 3.70 Å². The van der Waals surface area contributed by atoms with Gasteiger partial charge in [0.15, 0.2) is 0 Å². The van der Waals surface area contributed by atoms with Crippen molar-refractivity contribution in [3.05, 3.63) is 15.7 Å². The number of carboxylic acids is 1. The first-order valence-electron chi connectivity index (χ1n) is 3.84. The van der Waals surface area contributed by atoms with Crippen LogP contribution in [0.4, 0.5) is 0 Å². The normalized spacial score (nSPS) is 10.5. The molecule has 2 aromatic heterocycles. The third-order valence-electron chi connectivity index (χ3n) is 1.71. The summed E-state index contributed by atoms with van der Waals surface area (Å²) in [7, 11) is 1.76. The summed E-state index contributed by atoms with van der Waals surface area (Å²) in [5, 5.41) is 15.9. The second kappa shape index (κ2) is 3.61. The first-order chi connectivity index (χ1) is 7.09. The average Bonchev–Trinajstić information content (AvgIpc) is 2.76. The summed E-state index contributed by atoms with van der Waals surface area (Å²) in [6, 6.07) is 0. The molecule has 15 heavy (non-hydrogen) atoms. The zero-order chi connectivity index (χ0) is 11.0. The van der Waals surface area contributed by atoms with Crippen LogP contribution in [0.3, 0.4) is 0 Å².